The van der Waals surface area contributed by atoms with Gasteiger partial charge in [0.1, 0.15) is 22.2 Å². The van der Waals surface area contributed by atoms with Crippen LogP contribution < -0.4 is 10.1 Å². The molecular formula is C11H17NO3S. The topological polar surface area (TPSA) is 55.4 Å². The predicted octanol–water partition coefficient (Wildman–Crippen LogP) is 0.700. The molecule has 0 saturated carbocycles. The molecule has 0 heterocycles. The summed E-state index contributed by atoms with van der Waals surface area (Å²) >= 11 is 0. The molecule has 1 aromatic carbocycles. The van der Waals surface area contributed by atoms with Gasteiger partial charge in [0.2, 0.25) is 0 Å². The third kappa shape index (κ3) is 6.42. The van der Waals surface area contributed by atoms with Crippen molar-refractivity contribution in [2.75, 3.05) is 31.7 Å². The van der Waals surface area contributed by atoms with Crippen LogP contribution in [0.15, 0.2) is 30.3 Å². The predicted molar refractivity (Wildman–Crippen MR) is 64.5 cm³/mol. The van der Waals surface area contributed by atoms with Gasteiger partial charge in [-0.05, 0) is 12.1 Å². The van der Waals surface area contributed by atoms with Crippen LogP contribution >= 0.6 is 0 Å². The molecule has 0 atom stereocenters. The minimum atomic E-state index is -2.87. The molecule has 1 aromatic rings. The zero-order valence-electron chi connectivity index (χ0n) is 9.35. The van der Waals surface area contributed by atoms with E-state index in [0.717, 1.165) is 5.75 Å². The molecule has 0 spiro atoms. The first kappa shape index (κ1) is 13.0. The van der Waals surface area contributed by atoms with Crippen LogP contribution in [0.5, 0.6) is 5.75 Å². The first-order valence-corrected chi connectivity index (χ1v) is 7.20. The van der Waals surface area contributed by atoms with E-state index in [9.17, 15) is 8.42 Å². The number of ether oxygens (including phenoxy) is 1. The summed E-state index contributed by atoms with van der Waals surface area (Å²) in [4.78, 5) is 0. The quantitative estimate of drug-likeness (QED) is 0.716. The average Bonchev–Trinajstić information content (AvgIpc) is 2.23. The van der Waals surface area contributed by atoms with Crippen molar-refractivity contribution in [1.82, 2.24) is 5.32 Å². The highest BCUT2D eigenvalue weighted by atomic mass is 32.2. The Kier molecular flexibility index (Phi) is 5.28. The van der Waals surface area contributed by atoms with Crippen LogP contribution in [0.1, 0.15) is 0 Å². The number of hydrogen-bond acceptors (Lipinski definition) is 4. The van der Waals surface area contributed by atoms with E-state index in [2.05, 4.69) is 5.32 Å². The number of sulfone groups is 1. The minimum absolute atomic E-state index is 0.165. The van der Waals surface area contributed by atoms with Gasteiger partial charge in [0.05, 0.1) is 5.75 Å². The Bertz CT molecular complexity index is 389. The molecule has 0 radical (unpaired) electrons. The summed E-state index contributed by atoms with van der Waals surface area (Å²) in [6.45, 7) is 1.65. The molecule has 0 saturated heterocycles. The summed E-state index contributed by atoms with van der Waals surface area (Å²) in [5.74, 6) is 0.991. The summed E-state index contributed by atoms with van der Waals surface area (Å²) in [6, 6.07) is 9.52. The van der Waals surface area contributed by atoms with Crippen molar-refractivity contribution in [1.29, 1.82) is 0 Å². The molecule has 0 aliphatic heterocycles. The highest BCUT2D eigenvalue weighted by Gasteiger charge is 2.00. The normalized spacial score (nSPS) is 11.3. The highest BCUT2D eigenvalue weighted by molar-refractivity contribution is 7.90. The van der Waals surface area contributed by atoms with Crippen LogP contribution in [0, 0.1) is 0 Å². The molecule has 0 bridgehead atoms. The molecule has 90 valence electrons. The lowest BCUT2D eigenvalue weighted by atomic mass is 10.3. The van der Waals surface area contributed by atoms with Crippen molar-refractivity contribution in [2.24, 2.45) is 0 Å². The average molecular weight is 243 g/mol. The van der Waals surface area contributed by atoms with Gasteiger partial charge in [-0.2, -0.15) is 0 Å². The van der Waals surface area contributed by atoms with Gasteiger partial charge in [-0.1, -0.05) is 18.2 Å². The molecule has 1 rings (SSSR count). The maximum atomic E-state index is 10.8. The molecule has 0 aliphatic rings. The van der Waals surface area contributed by atoms with Crippen LogP contribution in [0.3, 0.4) is 0 Å². The van der Waals surface area contributed by atoms with Crippen LogP contribution in [0.25, 0.3) is 0 Å². The molecular weight excluding hydrogens is 226 g/mol. The van der Waals surface area contributed by atoms with E-state index in [-0.39, 0.29) is 5.75 Å². The first-order valence-electron chi connectivity index (χ1n) is 5.14. The molecule has 0 aromatic heterocycles. The molecule has 1 N–H and O–H groups in total. The monoisotopic (exact) mass is 243 g/mol. The van der Waals surface area contributed by atoms with E-state index in [4.69, 9.17) is 4.74 Å². The summed E-state index contributed by atoms with van der Waals surface area (Å²) in [6.07, 6.45) is 1.23. The Morgan fingerprint density at radius 2 is 1.88 bits per heavy atom. The van der Waals surface area contributed by atoms with E-state index in [1.165, 1.54) is 6.26 Å². The minimum Gasteiger partial charge on any atom is -0.492 e. The molecule has 4 nitrogen and oxygen atoms in total. The third-order valence-electron chi connectivity index (χ3n) is 1.94. The fourth-order valence-electron chi connectivity index (χ4n) is 1.14. The second-order valence-corrected chi connectivity index (χ2v) is 5.80. The number of rotatable bonds is 7. The van der Waals surface area contributed by atoms with Crippen LogP contribution in [0.2, 0.25) is 0 Å². The van der Waals surface area contributed by atoms with Gasteiger partial charge < -0.3 is 10.1 Å². The second kappa shape index (κ2) is 6.50. The highest BCUT2D eigenvalue weighted by Crippen LogP contribution is 2.07. The van der Waals surface area contributed by atoms with Gasteiger partial charge in [0.25, 0.3) is 0 Å². The van der Waals surface area contributed by atoms with Crippen molar-refractivity contribution in [3.05, 3.63) is 30.3 Å². The van der Waals surface area contributed by atoms with Gasteiger partial charge >= 0.3 is 0 Å². The summed E-state index contributed by atoms with van der Waals surface area (Å²) in [5, 5.41) is 3.01. The first-order chi connectivity index (χ1) is 7.58. The Balaban J connectivity index is 2.05. The van der Waals surface area contributed by atoms with Gasteiger partial charge in [0, 0.05) is 19.3 Å². The third-order valence-corrected chi connectivity index (χ3v) is 2.89. The van der Waals surface area contributed by atoms with Crippen molar-refractivity contribution in [2.45, 2.75) is 0 Å². The lowest BCUT2D eigenvalue weighted by Crippen LogP contribution is -2.26. The van der Waals surface area contributed by atoms with Gasteiger partial charge in [-0.25, -0.2) is 8.42 Å². The van der Waals surface area contributed by atoms with Gasteiger partial charge in [0.15, 0.2) is 0 Å². The largest absolute Gasteiger partial charge is 0.492 e. The lowest BCUT2D eigenvalue weighted by molar-refractivity contribution is 0.315. The Morgan fingerprint density at radius 1 is 1.19 bits per heavy atom. The zero-order valence-corrected chi connectivity index (χ0v) is 10.2. The Morgan fingerprint density at radius 3 is 2.50 bits per heavy atom. The van der Waals surface area contributed by atoms with Crippen molar-refractivity contribution in [3.8, 4) is 5.75 Å². The molecule has 0 fully saturated rings. The van der Waals surface area contributed by atoms with Gasteiger partial charge in [-0.15, -0.1) is 0 Å². The van der Waals surface area contributed by atoms with Crippen molar-refractivity contribution in [3.63, 3.8) is 0 Å². The molecule has 16 heavy (non-hydrogen) atoms. The smallest absolute Gasteiger partial charge is 0.148 e. The molecule has 5 heteroatoms. The summed E-state index contributed by atoms with van der Waals surface area (Å²) < 4.78 is 27.1. The standard InChI is InChI=1S/C11H17NO3S/c1-16(13,14)10-8-12-7-9-15-11-5-3-2-4-6-11/h2-6,12H,7-10H2,1H3. The van der Waals surface area contributed by atoms with Crippen molar-refractivity contribution >= 4 is 9.84 Å². The van der Waals surface area contributed by atoms with Crippen LogP contribution in [0.4, 0.5) is 0 Å². The number of hydrogen-bond donors (Lipinski definition) is 1. The van der Waals surface area contributed by atoms with Gasteiger partial charge in [-0.3, -0.25) is 0 Å². The van der Waals surface area contributed by atoms with E-state index in [1.54, 1.807) is 0 Å². The van der Waals surface area contributed by atoms with E-state index >= 15 is 0 Å². The molecule has 0 amide bonds. The zero-order chi connectivity index (χ0) is 11.9. The fraction of sp³-hybridized carbons (Fsp3) is 0.455. The second-order valence-electron chi connectivity index (χ2n) is 3.54. The van der Waals surface area contributed by atoms with Crippen molar-refractivity contribution < 1.29 is 13.2 Å². The number of nitrogens with one attached hydrogen (secondary N) is 1. The fourth-order valence-corrected chi connectivity index (χ4v) is 1.66. The summed E-state index contributed by atoms with van der Waals surface area (Å²) in [5.41, 5.74) is 0. The van der Waals surface area contributed by atoms with E-state index in [0.29, 0.717) is 19.7 Å². The molecule has 0 aliphatic carbocycles. The number of para-hydroxylation sites is 1. The SMILES string of the molecule is CS(=O)(=O)CCNCCOc1ccccc1. The molecule has 0 unspecified atom stereocenters. The Labute approximate surface area is 96.5 Å². The summed E-state index contributed by atoms with van der Waals surface area (Å²) in [7, 11) is -2.87. The van der Waals surface area contributed by atoms with Crippen LogP contribution in [-0.4, -0.2) is 40.1 Å². The van der Waals surface area contributed by atoms with E-state index in [1.807, 2.05) is 30.3 Å². The Hall–Kier alpha value is -1.07. The number of benzene rings is 1. The van der Waals surface area contributed by atoms with E-state index < -0.39 is 9.84 Å². The maximum absolute atomic E-state index is 10.8. The lowest BCUT2D eigenvalue weighted by Gasteiger charge is -2.06. The maximum Gasteiger partial charge on any atom is 0.148 e. The van der Waals surface area contributed by atoms with Crippen LogP contribution in [-0.2, 0) is 9.84 Å².